The van der Waals surface area contributed by atoms with Crippen molar-refractivity contribution in [2.75, 3.05) is 4.90 Å². The molecule has 0 aromatic heterocycles. The van der Waals surface area contributed by atoms with Gasteiger partial charge in [0, 0.05) is 6.92 Å². The van der Waals surface area contributed by atoms with Gasteiger partial charge < -0.3 is 0 Å². The summed E-state index contributed by atoms with van der Waals surface area (Å²) < 4.78 is 0. The van der Waals surface area contributed by atoms with Crippen LogP contribution in [0, 0.1) is 0 Å². The summed E-state index contributed by atoms with van der Waals surface area (Å²) in [5.41, 5.74) is 3.35. The van der Waals surface area contributed by atoms with Crippen LogP contribution < -0.4 is 4.90 Å². The lowest BCUT2D eigenvalue weighted by molar-refractivity contribution is -0.116. The Kier molecular flexibility index (Phi) is 2.66. The maximum Gasteiger partial charge on any atom is 0.261 e. The standard InChI is InChI=1S/C18H14N2O2/c1-12(21)20-16-9-5-4-8-15(16)18(22)19-11-14-7-3-2-6-13(14)10-17(19)20/h2-10H,11H2,1H3. The van der Waals surface area contributed by atoms with Crippen LogP contribution in [-0.2, 0) is 11.3 Å². The third-order valence-corrected chi connectivity index (χ3v) is 4.11. The first-order valence-electron chi connectivity index (χ1n) is 7.18. The summed E-state index contributed by atoms with van der Waals surface area (Å²) in [6.07, 6.45) is 1.91. The maximum atomic E-state index is 12.8. The monoisotopic (exact) mass is 290 g/mol. The Labute approximate surface area is 128 Å². The molecule has 0 aliphatic carbocycles. The van der Waals surface area contributed by atoms with Crippen molar-refractivity contribution in [1.82, 2.24) is 4.90 Å². The fourth-order valence-corrected chi connectivity index (χ4v) is 3.10. The lowest BCUT2D eigenvalue weighted by Crippen LogP contribution is -2.47. The van der Waals surface area contributed by atoms with E-state index in [9.17, 15) is 9.59 Å². The van der Waals surface area contributed by atoms with Gasteiger partial charge in [0.1, 0.15) is 5.82 Å². The molecular formula is C18H14N2O2. The van der Waals surface area contributed by atoms with Gasteiger partial charge in [0.05, 0.1) is 17.8 Å². The van der Waals surface area contributed by atoms with Crippen molar-refractivity contribution in [3.8, 4) is 0 Å². The second-order valence-electron chi connectivity index (χ2n) is 5.46. The first kappa shape index (κ1) is 12.8. The number of hydrogen-bond acceptors (Lipinski definition) is 2. The molecule has 2 amide bonds. The average molecular weight is 290 g/mol. The van der Waals surface area contributed by atoms with E-state index in [0.29, 0.717) is 23.6 Å². The molecule has 2 heterocycles. The van der Waals surface area contributed by atoms with Crippen molar-refractivity contribution in [3.63, 3.8) is 0 Å². The van der Waals surface area contributed by atoms with E-state index in [0.717, 1.165) is 11.1 Å². The zero-order valence-corrected chi connectivity index (χ0v) is 12.1. The summed E-state index contributed by atoms with van der Waals surface area (Å²) in [6.45, 7) is 2.01. The van der Waals surface area contributed by atoms with Crippen LogP contribution in [0.1, 0.15) is 28.4 Å². The third kappa shape index (κ3) is 1.70. The molecule has 4 rings (SSSR count). The minimum Gasteiger partial charge on any atom is -0.289 e. The molecule has 108 valence electrons. The lowest BCUT2D eigenvalue weighted by Gasteiger charge is -2.40. The largest absolute Gasteiger partial charge is 0.289 e. The van der Waals surface area contributed by atoms with E-state index in [1.807, 2.05) is 48.5 Å². The number of carbonyl (C=O) groups is 2. The van der Waals surface area contributed by atoms with Crippen molar-refractivity contribution in [2.45, 2.75) is 13.5 Å². The number of carbonyl (C=O) groups excluding carboxylic acids is 2. The molecule has 0 fully saturated rings. The van der Waals surface area contributed by atoms with Crippen LogP contribution >= 0.6 is 0 Å². The number of anilines is 1. The van der Waals surface area contributed by atoms with Crippen LogP contribution in [0.4, 0.5) is 5.69 Å². The number of rotatable bonds is 0. The van der Waals surface area contributed by atoms with Crippen molar-refractivity contribution in [2.24, 2.45) is 0 Å². The molecular weight excluding hydrogens is 276 g/mol. The summed E-state index contributed by atoms with van der Waals surface area (Å²) in [5, 5.41) is 0. The second kappa shape index (κ2) is 4.56. The van der Waals surface area contributed by atoms with Crippen LogP contribution in [0.3, 0.4) is 0 Å². The molecule has 4 nitrogen and oxygen atoms in total. The van der Waals surface area contributed by atoms with Gasteiger partial charge in [0.2, 0.25) is 5.91 Å². The lowest BCUT2D eigenvalue weighted by atomic mass is 9.99. The molecule has 0 saturated heterocycles. The van der Waals surface area contributed by atoms with Crippen LogP contribution in [0.2, 0.25) is 0 Å². The maximum absolute atomic E-state index is 12.8. The number of hydrogen-bond donors (Lipinski definition) is 0. The van der Waals surface area contributed by atoms with Crippen LogP contribution in [0.25, 0.3) is 6.08 Å². The van der Waals surface area contributed by atoms with Gasteiger partial charge >= 0.3 is 0 Å². The van der Waals surface area contributed by atoms with Crippen molar-refractivity contribution >= 4 is 23.6 Å². The molecule has 2 aliphatic heterocycles. The van der Waals surface area contributed by atoms with Gasteiger partial charge in [-0.3, -0.25) is 19.4 Å². The summed E-state index contributed by atoms with van der Waals surface area (Å²) in [6, 6.07) is 15.2. The molecule has 0 saturated carbocycles. The molecule has 0 unspecified atom stereocenters. The highest BCUT2D eigenvalue weighted by atomic mass is 16.2. The Morgan fingerprint density at radius 2 is 1.77 bits per heavy atom. The summed E-state index contributed by atoms with van der Waals surface area (Å²) >= 11 is 0. The van der Waals surface area contributed by atoms with E-state index in [4.69, 9.17) is 0 Å². The topological polar surface area (TPSA) is 40.6 Å². The van der Waals surface area contributed by atoms with Gasteiger partial charge in [-0.15, -0.1) is 0 Å². The molecule has 4 heteroatoms. The van der Waals surface area contributed by atoms with Gasteiger partial charge in [-0.1, -0.05) is 36.4 Å². The minimum absolute atomic E-state index is 0.0612. The highest BCUT2D eigenvalue weighted by molar-refractivity contribution is 6.11. The minimum atomic E-state index is -0.101. The van der Waals surface area contributed by atoms with E-state index < -0.39 is 0 Å². The van der Waals surface area contributed by atoms with Gasteiger partial charge in [-0.05, 0) is 29.3 Å². The van der Waals surface area contributed by atoms with Crippen molar-refractivity contribution in [3.05, 3.63) is 71.0 Å². The molecule has 2 aromatic carbocycles. The van der Waals surface area contributed by atoms with E-state index in [1.165, 1.54) is 6.92 Å². The average Bonchev–Trinajstić information content (AvgIpc) is 2.53. The van der Waals surface area contributed by atoms with Gasteiger partial charge in [-0.2, -0.15) is 0 Å². The van der Waals surface area contributed by atoms with Crippen LogP contribution in [-0.4, -0.2) is 16.7 Å². The molecule has 22 heavy (non-hydrogen) atoms. The quantitative estimate of drug-likeness (QED) is 0.748. The van der Waals surface area contributed by atoms with Crippen LogP contribution in [0.5, 0.6) is 0 Å². The SMILES string of the molecule is CC(=O)N1C2=Cc3ccccc3CN2C(=O)c2ccccc21. The van der Waals surface area contributed by atoms with E-state index >= 15 is 0 Å². The zero-order valence-electron chi connectivity index (χ0n) is 12.1. The Hall–Kier alpha value is -2.88. The zero-order chi connectivity index (χ0) is 15.3. The van der Waals surface area contributed by atoms with Crippen molar-refractivity contribution < 1.29 is 9.59 Å². The normalized spacial score (nSPS) is 15.7. The molecule has 0 bridgehead atoms. The molecule has 2 aromatic rings. The molecule has 2 aliphatic rings. The summed E-state index contributed by atoms with van der Waals surface area (Å²) in [7, 11) is 0. The molecule has 0 N–H and O–H groups in total. The number of amides is 2. The smallest absolute Gasteiger partial charge is 0.261 e. The predicted molar refractivity (Wildman–Crippen MR) is 83.9 cm³/mol. The fourth-order valence-electron chi connectivity index (χ4n) is 3.10. The third-order valence-electron chi connectivity index (χ3n) is 4.11. The van der Waals surface area contributed by atoms with Gasteiger partial charge in [-0.25, -0.2) is 0 Å². The summed E-state index contributed by atoms with van der Waals surface area (Å²) in [5.74, 6) is 0.472. The van der Waals surface area contributed by atoms with E-state index in [-0.39, 0.29) is 11.8 Å². The highest BCUT2D eigenvalue weighted by Crippen LogP contribution is 2.37. The second-order valence-corrected chi connectivity index (χ2v) is 5.46. The Balaban J connectivity index is 1.97. The van der Waals surface area contributed by atoms with Gasteiger partial charge in [0.25, 0.3) is 5.91 Å². The number of para-hydroxylation sites is 1. The highest BCUT2D eigenvalue weighted by Gasteiger charge is 2.37. The Morgan fingerprint density at radius 1 is 1.05 bits per heavy atom. The van der Waals surface area contributed by atoms with Gasteiger partial charge in [0.15, 0.2) is 0 Å². The van der Waals surface area contributed by atoms with E-state index in [1.54, 1.807) is 15.9 Å². The fraction of sp³-hybridized carbons (Fsp3) is 0.111. The predicted octanol–water partition coefficient (Wildman–Crippen LogP) is 3.01. The number of nitrogens with zero attached hydrogens (tertiary/aromatic N) is 2. The number of fused-ring (bicyclic) bond motifs is 3. The molecule has 0 atom stereocenters. The molecule has 0 spiro atoms. The molecule has 0 radical (unpaired) electrons. The van der Waals surface area contributed by atoms with E-state index in [2.05, 4.69) is 0 Å². The first-order chi connectivity index (χ1) is 10.7. The number of benzene rings is 2. The summed E-state index contributed by atoms with van der Waals surface area (Å²) in [4.78, 5) is 28.2. The van der Waals surface area contributed by atoms with Crippen LogP contribution in [0.15, 0.2) is 54.4 Å². The van der Waals surface area contributed by atoms with Crippen molar-refractivity contribution in [1.29, 1.82) is 0 Å². The Bertz CT molecular complexity index is 838. The first-order valence-corrected chi connectivity index (χ1v) is 7.18. The Morgan fingerprint density at radius 3 is 2.59 bits per heavy atom.